The number of alkyl halides is 3. The molecule has 0 radical (unpaired) electrons. The molecule has 1 aromatic heterocycles. The predicted octanol–water partition coefficient (Wildman–Crippen LogP) is 3.45. The van der Waals surface area contributed by atoms with Gasteiger partial charge in [0.25, 0.3) is 0 Å². The fraction of sp³-hybridized carbons (Fsp3) is 0.368. The van der Waals surface area contributed by atoms with E-state index in [0.717, 1.165) is 29.9 Å². The third-order valence-electron chi connectivity index (χ3n) is 4.63. The van der Waals surface area contributed by atoms with Crippen LogP contribution in [0.15, 0.2) is 41.8 Å². The Hall–Kier alpha value is -2.59. The van der Waals surface area contributed by atoms with E-state index in [1.807, 2.05) is 17.5 Å². The maximum absolute atomic E-state index is 12.2. The zero-order chi connectivity index (χ0) is 20.9. The molecule has 2 N–H and O–H groups in total. The number of amides is 2. The maximum Gasteiger partial charge on any atom is 0.573 e. The van der Waals surface area contributed by atoms with Crippen molar-refractivity contribution in [3.63, 3.8) is 0 Å². The second kappa shape index (κ2) is 8.83. The largest absolute Gasteiger partial charge is 0.573 e. The molecule has 10 heteroatoms. The van der Waals surface area contributed by atoms with Crippen LogP contribution in [0.1, 0.15) is 17.7 Å². The molecule has 2 aromatic rings. The van der Waals surface area contributed by atoms with Crippen LogP contribution >= 0.6 is 11.3 Å². The Labute approximate surface area is 169 Å². The van der Waals surface area contributed by atoms with E-state index in [1.54, 1.807) is 11.3 Å². The van der Waals surface area contributed by atoms with E-state index < -0.39 is 23.9 Å². The maximum atomic E-state index is 12.2. The lowest BCUT2D eigenvalue weighted by Crippen LogP contribution is -2.46. The lowest BCUT2D eigenvalue weighted by molar-refractivity contribution is -0.274. The number of nitrogens with one attached hydrogen (secondary N) is 2. The van der Waals surface area contributed by atoms with Gasteiger partial charge in [0.1, 0.15) is 5.75 Å². The number of hydrogen-bond donors (Lipinski definition) is 2. The second-order valence-corrected chi connectivity index (χ2v) is 7.53. The summed E-state index contributed by atoms with van der Waals surface area (Å²) in [6.45, 7) is 1.44. The molecule has 1 aliphatic rings. The van der Waals surface area contributed by atoms with Crippen molar-refractivity contribution in [2.75, 3.05) is 25.1 Å². The minimum atomic E-state index is -4.80. The third kappa shape index (κ3) is 5.70. The summed E-state index contributed by atoms with van der Waals surface area (Å²) in [6.07, 6.45) is -3.33. The Morgan fingerprint density at radius 3 is 2.38 bits per heavy atom. The molecule has 0 saturated carbocycles. The van der Waals surface area contributed by atoms with Crippen LogP contribution in [0.5, 0.6) is 5.75 Å². The van der Waals surface area contributed by atoms with Gasteiger partial charge in [-0.25, -0.2) is 0 Å². The molecule has 3 rings (SSSR count). The third-order valence-corrected chi connectivity index (χ3v) is 5.75. The average Bonchev–Trinajstić information content (AvgIpc) is 3.23. The highest BCUT2D eigenvalue weighted by Gasteiger charge is 2.36. The molecule has 0 aliphatic carbocycles. The Kier molecular flexibility index (Phi) is 6.43. The smallest absolute Gasteiger partial charge is 0.406 e. The summed E-state index contributed by atoms with van der Waals surface area (Å²) in [5.41, 5.74) is -0.0995. The number of anilines is 1. The van der Waals surface area contributed by atoms with Gasteiger partial charge in [-0.2, -0.15) is 0 Å². The van der Waals surface area contributed by atoms with Crippen LogP contribution in [0.4, 0.5) is 18.9 Å². The van der Waals surface area contributed by atoms with Crippen molar-refractivity contribution in [1.82, 2.24) is 5.32 Å². The number of ether oxygens (including phenoxy) is 2. The van der Waals surface area contributed by atoms with E-state index in [0.29, 0.717) is 19.8 Å². The summed E-state index contributed by atoms with van der Waals surface area (Å²) in [4.78, 5) is 25.5. The Balaban J connectivity index is 1.57. The number of carbonyl (C=O) groups is 2. The Bertz CT molecular complexity index is 832. The zero-order valence-electron chi connectivity index (χ0n) is 15.3. The van der Waals surface area contributed by atoms with Gasteiger partial charge in [0.05, 0.1) is 0 Å². The molecule has 0 bridgehead atoms. The van der Waals surface area contributed by atoms with Crippen molar-refractivity contribution in [2.45, 2.75) is 24.6 Å². The normalized spacial score (nSPS) is 16.1. The first-order valence-electron chi connectivity index (χ1n) is 8.84. The Morgan fingerprint density at radius 1 is 1.10 bits per heavy atom. The monoisotopic (exact) mass is 428 g/mol. The van der Waals surface area contributed by atoms with Crippen LogP contribution in [-0.2, 0) is 19.7 Å². The molecule has 29 heavy (non-hydrogen) atoms. The summed E-state index contributed by atoms with van der Waals surface area (Å²) in [5.74, 6) is -2.14. The molecule has 2 amide bonds. The van der Waals surface area contributed by atoms with E-state index in [1.165, 1.54) is 12.1 Å². The van der Waals surface area contributed by atoms with Crippen molar-refractivity contribution >= 4 is 28.8 Å². The fourth-order valence-corrected chi connectivity index (χ4v) is 4.10. The first-order valence-corrected chi connectivity index (χ1v) is 9.72. The van der Waals surface area contributed by atoms with Gasteiger partial charge in [-0.1, -0.05) is 6.07 Å². The zero-order valence-corrected chi connectivity index (χ0v) is 16.1. The number of carbonyl (C=O) groups excluding carboxylic acids is 2. The van der Waals surface area contributed by atoms with E-state index >= 15 is 0 Å². The summed E-state index contributed by atoms with van der Waals surface area (Å²) >= 11 is 1.60. The van der Waals surface area contributed by atoms with Crippen molar-refractivity contribution in [2.24, 2.45) is 0 Å². The number of thiophene rings is 1. The van der Waals surface area contributed by atoms with Crippen LogP contribution < -0.4 is 15.4 Å². The minimum absolute atomic E-state index is 0.179. The van der Waals surface area contributed by atoms with Crippen LogP contribution in [-0.4, -0.2) is 37.9 Å². The van der Waals surface area contributed by atoms with Crippen LogP contribution in [0.25, 0.3) is 0 Å². The number of rotatable bonds is 5. The average molecular weight is 428 g/mol. The van der Waals surface area contributed by atoms with Gasteiger partial charge in [0, 0.05) is 35.7 Å². The molecule has 156 valence electrons. The van der Waals surface area contributed by atoms with Crippen LogP contribution in [0, 0.1) is 0 Å². The lowest BCUT2D eigenvalue weighted by atomic mass is 9.78. The van der Waals surface area contributed by atoms with E-state index in [9.17, 15) is 22.8 Å². The molecule has 0 spiro atoms. The van der Waals surface area contributed by atoms with Crippen LogP contribution in [0.3, 0.4) is 0 Å². The molecule has 1 fully saturated rings. The standard InChI is InChI=1S/C19H19F3N2O4S/c20-19(21,22)28-14-5-3-13(4-6-14)24-17(26)16(25)23-12-18(7-9-27-10-8-18)15-2-1-11-29-15/h1-6,11H,7-10,12H2,(H,23,25)(H,24,26). The van der Waals surface area contributed by atoms with Crippen molar-refractivity contribution < 1.29 is 32.2 Å². The summed E-state index contributed by atoms with van der Waals surface area (Å²) < 4.78 is 45.7. The highest BCUT2D eigenvalue weighted by atomic mass is 32.1. The molecular formula is C19H19F3N2O4S. The molecule has 1 aliphatic heterocycles. The topological polar surface area (TPSA) is 76.7 Å². The van der Waals surface area contributed by atoms with Gasteiger partial charge in [0.15, 0.2) is 0 Å². The fourth-order valence-electron chi connectivity index (χ4n) is 3.11. The van der Waals surface area contributed by atoms with Gasteiger partial charge in [-0.3, -0.25) is 9.59 Å². The summed E-state index contributed by atoms with van der Waals surface area (Å²) in [6, 6.07) is 8.49. The SMILES string of the molecule is O=C(NCC1(c2cccs2)CCOCC1)C(=O)Nc1ccc(OC(F)(F)F)cc1. The van der Waals surface area contributed by atoms with Gasteiger partial charge < -0.3 is 20.1 Å². The van der Waals surface area contributed by atoms with Gasteiger partial charge in [-0.05, 0) is 48.6 Å². The van der Waals surface area contributed by atoms with Gasteiger partial charge in [0.2, 0.25) is 0 Å². The van der Waals surface area contributed by atoms with E-state index in [2.05, 4.69) is 15.4 Å². The molecule has 0 unspecified atom stereocenters. The highest BCUT2D eigenvalue weighted by molar-refractivity contribution is 7.10. The second-order valence-electron chi connectivity index (χ2n) is 6.58. The van der Waals surface area contributed by atoms with Gasteiger partial charge >= 0.3 is 18.2 Å². The van der Waals surface area contributed by atoms with Crippen molar-refractivity contribution in [3.8, 4) is 5.75 Å². The van der Waals surface area contributed by atoms with Gasteiger partial charge in [-0.15, -0.1) is 24.5 Å². The number of hydrogen-bond acceptors (Lipinski definition) is 5. The van der Waals surface area contributed by atoms with Crippen molar-refractivity contribution in [3.05, 3.63) is 46.7 Å². The lowest BCUT2D eigenvalue weighted by Gasteiger charge is -2.36. The van der Waals surface area contributed by atoms with E-state index in [-0.39, 0.29) is 11.1 Å². The number of benzene rings is 1. The predicted molar refractivity (Wildman–Crippen MR) is 101 cm³/mol. The first-order chi connectivity index (χ1) is 13.8. The Morgan fingerprint density at radius 2 is 1.79 bits per heavy atom. The molecule has 6 nitrogen and oxygen atoms in total. The molecule has 1 saturated heterocycles. The summed E-state index contributed by atoms with van der Waals surface area (Å²) in [7, 11) is 0. The number of halogens is 3. The first kappa shape index (κ1) is 21.1. The van der Waals surface area contributed by atoms with Crippen LogP contribution in [0.2, 0.25) is 0 Å². The van der Waals surface area contributed by atoms with E-state index in [4.69, 9.17) is 4.74 Å². The molecule has 0 atom stereocenters. The molecular weight excluding hydrogens is 409 g/mol. The molecule has 1 aromatic carbocycles. The van der Waals surface area contributed by atoms with Crippen molar-refractivity contribution in [1.29, 1.82) is 0 Å². The summed E-state index contributed by atoms with van der Waals surface area (Å²) in [5, 5.41) is 6.99. The highest BCUT2D eigenvalue weighted by Crippen LogP contribution is 2.37. The molecule has 2 heterocycles. The quantitative estimate of drug-likeness (QED) is 0.716. The minimum Gasteiger partial charge on any atom is -0.406 e.